The number of aromatic carboxylic acids is 2. The third kappa shape index (κ3) is 27.3. The number of carbonyl (C=O) groups is 7. The molecule has 0 radical (unpaired) electrons. The smallest absolute Gasteiger partial charge is 0.338 e. The second-order valence-electron chi connectivity index (χ2n) is 25.2. The molecule has 1 aliphatic heterocycles. The number of phenols is 1. The molecular weight excluding hydrogens is 1870 g/mol. The number of nitrogens with two attached hydrogens (primary N) is 1. The Labute approximate surface area is 719 Å². The van der Waals surface area contributed by atoms with Gasteiger partial charge in [-0.2, -0.15) is 0 Å². The Morgan fingerprint density at radius 2 is 1.04 bits per heavy atom. The summed E-state index contributed by atoms with van der Waals surface area (Å²) in [4.78, 5) is 127. The van der Waals surface area contributed by atoms with Crippen LogP contribution in [0.25, 0.3) is 11.0 Å². The van der Waals surface area contributed by atoms with E-state index < -0.39 is 44.6 Å². The summed E-state index contributed by atoms with van der Waals surface area (Å²) in [5.74, 6) is -0.254. The monoisotopic (exact) mass is 1950 g/mol. The number of terminal acetylenes is 1. The van der Waals surface area contributed by atoms with E-state index in [0.717, 1.165) is 92.8 Å². The number of ether oxygens (including phenoxy) is 7. The molecule has 9 aromatic rings. The number of aromatic hydroxyl groups is 1. The van der Waals surface area contributed by atoms with E-state index in [0.29, 0.717) is 92.4 Å². The minimum Gasteiger partial charge on any atom is -0.508 e. The Kier molecular flexibility index (Phi) is 38.8. The average Bonchev–Trinajstić information content (AvgIpc) is 1.55. The van der Waals surface area contributed by atoms with Gasteiger partial charge in [-0.15, -0.1) is 6.42 Å². The van der Waals surface area contributed by atoms with Gasteiger partial charge in [0.2, 0.25) is 0 Å². The molecule has 7 N–H and O–H groups in total. The van der Waals surface area contributed by atoms with E-state index >= 15 is 0 Å². The number of H-pyrrole nitrogens is 1. The summed E-state index contributed by atoms with van der Waals surface area (Å²) in [6.45, 7) is 20.6. The SMILES string of the molecule is C#CCOc1cc(Br)c(C)c(C(=O)OC)c1.CCN(c1cc2oc(C)cc2c(C(=O)NCc2c(OC)cc(C)[nH]c2=O)c1C)C1CCOCC1.COC(=O)c1cc(N)cc(Br)c1C.COC(=O)c1cc(O)cc(Br)c1C.COC(=O)c1cc([N+](=O)[O-])cc(Br)c1C.Cc1c(Br)cc([N+](=O)[O-])cc1C(=O)O.Cc1ccc([N+](=O)[O-])cc1C(=O)O. The zero-order valence-electron chi connectivity index (χ0n) is 66.4. The van der Waals surface area contributed by atoms with E-state index in [2.05, 4.69) is 127 Å². The van der Waals surface area contributed by atoms with Crippen LogP contribution >= 0.6 is 79.6 Å². The maximum Gasteiger partial charge on any atom is 0.338 e. The number of aromatic nitrogens is 1. The van der Waals surface area contributed by atoms with Crippen LogP contribution in [0.2, 0.25) is 0 Å². The summed E-state index contributed by atoms with van der Waals surface area (Å²) in [5.41, 5.74) is 14.9. The third-order valence-corrected chi connectivity index (χ3v) is 21.6. The van der Waals surface area contributed by atoms with Crippen molar-refractivity contribution in [1.29, 1.82) is 0 Å². The normalized spacial score (nSPS) is 11.0. The van der Waals surface area contributed by atoms with Crippen LogP contribution in [0.5, 0.6) is 17.2 Å². The number of esters is 4. The molecule has 628 valence electrons. The summed E-state index contributed by atoms with van der Waals surface area (Å²) in [6.07, 6.45) is 6.98. The van der Waals surface area contributed by atoms with Crippen molar-refractivity contribution >= 4 is 161 Å². The molecule has 1 fully saturated rings. The van der Waals surface area contributed by atoms with Crippen molar-refractivity contribution < 1.29 is 101 Å². The number of nitro groups is 3. The van der Waals surface area contributed by atoms with Crippen molar-refractivity contribution in [2.75, 3.05) is 72.5 Å². The summed E-state index contributed by atoms with van der Waals surface area (Å²) in [7, 11) is 6.73. The highest BCUT2D eigenvalue weighted by molar-refractivity contribution is 9.11. The zero-order chi connectivity index (χ0) is 89.0. The maximum absolute atomic E-state index is 13.5. The van der Waals surface area contributed by atoms with Crippen LogP contribution in [0.1, 0.15) is 148 Å². The molecule has 1 saturated heterocycles. The van der Waals surface area contributed by atoms with E-state index in [1.165, 1.54) is 78.0 Å². The number of benzene rings is 7. The first-order valence-electron chi connectivity index (χ1n) is 34.8. The van der Waals surface area contributed by atoms with Crippen LogP contribution in [0, 0.1) is 105 Å². The van der Waals surface area contributed by atoms with Gasteiger partial charge in [0.25, 0.3) is 28.5 Å². The highest BCUT2D eigenvalue weighted by atomic mass is 79.9. The number of aromatic amines is 1. The predicted molar refractivity (Wildman–Crippen MR) is 457 cm³/mol. The van der Waals surface area contributed by atoms with Gasteiger partial charge in [-0.1, -0.05) is 91.6 Å². The zero-order valence-corrected chi connectivity index (χ0v) is 74.4. The number of nitrogens with one attached hydrogen (secondary N) is 2. The van der Waals surface area contributed by atoms with Crippen LogP contribution in [-0.2, 0) is 30.2 Å². The van der Waals surface area contributed by atoms with Crippen molar-refractivity contribution in [2.24, 2.45) is 0 Å². The number of nitro benzene ring substituents is 3. The first-order valence-corrected chi connectivity index (χ1v) is 38.7. The predicted octanol–water partition coefficient (Wildman–Crippen LogP) is 17.3. The lowest BCUT2D eigenvalue weighted by Gasteiger charge is -2.36. The van der Waals surface area contributed by atoms with Gasteiger partial charge < -0.3 is 73.8 Å². The number of methoxy groups -OCH3 is 5. The number of amides is 1. The fraction of sp³-hybridized carbons (Fsp3) is 0.284. The summed E-state index contributed by atoms with van der Waals surface area (Å²) in [5, 5.41) is 61.6. The van der Waals surface area contributed by atoms with E-state index in [4.69, 9.17) is 41.0 Å². The standard InChI is InChI=1S/C26H33N3O5.C12H11BrO3.C9H8BrNO4.C9H10BrNO2.C9H9BrO3.C8H6BrNO4.C8H7NO4/c1-6-29(18-7-9-33-10-8-18)21-13-23-19(12-16(3)34-23)24(17(21)4)26(31)27-14-20-22(32-5)11-15(2)28-25(20)30;1-4-5-16-9-6-10(12(14)15-3)8(2)11(13)7-9;1-5-7(9(12)15-2)3-6(11(13)14)4-8(5)10;2*1-5-7(9(12)13-2)3-6(11)4-8(5)10;1-4-6(8(11)12)2-5(10(13)14)3-7(4)9;1-5-2-3-6(9(12)13)4-7(5)8(10)11/h11-13,18H,6-10,14H2,1-5H3,(H,27,31)(H,28,30);1,6-7H,5H2,2-3H3;3-4H,1-2H3;3-4H,11H2,1-2H3;3-4,11H,1-2H3;2-3H,1H3,(H,11,12);2-4H,1H3,(H,10,11). The lowest BCUT2D eigenvalue weighted by atomic mass is 9.98. The number of fused-ring (bicyclic) bond motifs is 1. The Morgan fingerprint density at radius 1 is 0.593 bits per heavy atom. The molecule has 0 aliphatic carbocycles. The minimum atomic E-state index is -1.17. The van der Waals surface area contributed by atoms with E-state index in [-0.39, 0.29) is 70.1 Å². The number of anilines is 2. The van der Waals surface area contributed by atoms with E-state index in [9.17, 15) is 73.8 Å². The molecular formula is C81H84Br5N7O25. The van der Waals surface area contributed by atoms with Gasteiger partial charge in [0.1, 0.15) is 35.2 Å². The number of non-ortho nitro benzene ring substituents is 3. The number of pyridine rings is 1. The van der Waals surface area contributed by atoms with Gasteiger partial charge in [0.05, 0.1) is 101 Å². The van der Waals surface area contributed by atoms with Crippen molar-refractivity contribution in [3.8, 4) is 29.6 Å². The number of halogens is 5. The van der Waals surface area contributed by atoms with Crippen LogP contribution in [-0.4, -0.2) is 145 Å². The molecule has 7 aromatic carbocycles. The number of hydrogen-bond acceptors (Lipinski definition) is 25. The number of nitrogens with zero attached hydrogens (tertiary/aromatic N) is 4. The topological polar surface area (TPSA) is 461 Å². The molecule has 32 nitrogen and oxygen atoms in total. The number of aryl methyl sites for hydroxylation is 3. The maximum atomic E-state index is 13.5. The molecule has 3 heterocycles. The van der Waals surface area contributed by atoms with Crippen LogP contribution < -0.4 is 31.0 Å². The Bertz CT molecular complexity index is 5310. The molecule has 0 unspecified atom stereocenters. The molecule has 0 atom stereocenters. The lowest BCUT2D eigenvalue weighted by molar-refractivity contribution is -0.385. The van der Waals surface area contributed by atoms with Crippen LogP contribution in [0.3, 0.4) is 0 Å². The summed E-state index contributed by atoms with van der Waals surface area (Å²) >= 11 is 16.1. The first kappa shape index (κ1) is 98.8. The molecule has 0 spiro atoms. The lowest BCUT2D eigenvalue weighted by Crippen LogP contribution is -2.40. The van der Waals surface area contributed by atoms with Gasteiger partial charge in [-0.3, -0.25) is 39.9 Å². The molecule has 37 heteroatoms. The Morgan fingerprint density at radius 3 is 1.52 bits per heavy atom. The first-order chi connectivity index (χ1) is 55.5. The van der Waals surface area contributed by atoms with Crippen molar-refractivity contribution in [1.82, 2.24) is 10.3 Å². The Hall–Kier alpha value is -11.6. The number of rotatable bonds is 18. The fourth-order valence-electron chi connectivity index (χ4n) is 11.1. The highest BCUT2D eigenvalue weighted by Crippen LogP contribution is 2.37. The van der Waals surface area contributed by atoms with Crippen molar-refractivity contribution in [2.45, 2.75) is 94.7 Å². The van der Waals surface area contributed by atoms with Gasteiger partial charge >= 0.3 is 35.8 Å². The number of hydrogen-bond donors (Lipinski definition) is 6. The van der Waals surface area contributed by atoms with E-state index in [1.54, 1.807) is 65.0 Å². The van der Waals surface area contributed by atoms with E-state index in [1.807, 2.05) is 39.8 Å². The number of carbonyl (C=O) groups excluding carboxylic acids is 5. The molecule has 1 aliphatic rings. The van der Waals surface area contributed by atoms with Gasteiger partial charge in [-0.05, 0) is 170 Å². The molecule has 0 bridgehead atoms. The Balaban J connectivity index is 0.000000302. The number of furan rings is 1. The van der Waals surface area contributed by atoms with Crippen molar-refractivity contribution in [3.63, 3.8) is 0 Å². The van der Waals surface area contributed by atoms with Crippen LogP contribution in [0.15, 0.2) is 129 Å². The largest absolute Gasteiger partial charge is 0.508 e. The number of carboxylic acids is 2. The number of carboxylic acid groups (broad SMARTS) is 2. The minimum absolute atomic E-state index is 0.0331. The molecule has 2 aromatic heterocycles. The highest BCUT2D eigenvalue weighted by Gasteiger charge is 2.28. The second-order valence-corrected chi connectivity index (χ2v) is 29.5. The van der Waals surface area contributed by atoms with Gasteiger partial charge in [0.15, 0.2) is 0 Å². The second kappa shape index (κ2) is 46.4. The molecule has 118 heavy (non-hydrogen) atoms. The average molecular weight is 1960 g/mol. The fourth-order valence-corrected chi connectivity index (χ4v) is 13.4. The van der Waals surface area contributed by atoms with Gasteiger partial charge in [-0.25, -0.2) is 28.8 Å². The van der Waals surface area contributed by atoms with Crippen LogP contribution in [0.4, 0.5) is 28.4 Å². The van der Waals surface area contributed by atoms with Crippen molar-refractivity contribution in [3.05, 3.63) is 255 Å². The molecule has 10 rings (SSSR count). The molecule has 1 amide bonds. The summed E-state index contributed by atoms with van der Waals surface area (Å²) in [6, 6.07) is 24.3. The van der Waals surface area contributed by atoms with Gasteiger partial charge in [0, 0.05) is 113 Å². The number of nitrogen functional groups attached to an aromatic ring is 1. The third-order valence-electron chi connectivity index (χ3n) is 17.5. The molecule has 0 saturated carbocycles. The quantitative estimate of drug-likeness (QED) is 0.0116. The number of phenolic OH excluding ortho intramolecular Hbond substituents is 1. The summed E-state index contributed by atoms with van der Waals surface area (Å²) < 4.78 is 43.7.